The van der Waals surface area contributed by atoms with Crippen molar-refractivity contribution >= 4 is 10.0 Å². The van der Waals surface area contributed by atoms with Crippen molar-refractivity contribution in [3.05, 3.63) is 0 Å². The van der Waals surface area contributed by atoms with E-state index in [1.165, 1.54) is 6.92 Å². The highest BCUT2D eigenvalue weighted by Gasteiger charge is 2.26. The summed E-state index contributed by atoms with van der Waals surface area (Å²) in [5, 5.41) is 7.61. The lowest BCUT2D eigenvalue weighted by Crippen LogP contribution is -2.54. The summed E-state index contributed by atoms with van der Waals surface area (Å²) < 4.78 is 25.8. The van der Waals surface area contributed by atoms with E-state index in [9.17, 15) is 8.42 Å². The molecule has 1 heterocycles. The Morgan fingerprint density at radius 1 is 1.47 bits per heavy atom. The van der Waals surface area contributed by atoms with E-state index < -0.39 is 15.3 Å². The van der Waals surface area contributed by atoms with Crippen LogP contribution in [0, 0.1) is 11.3 Å². The lowest BCUT2D eigenvalue weighted by atomic mass is 10.2. The molecule has 1 fully saturated rings. The predicted octanol–water partition coefficient (Wildman–Crippen LogP) is -0.936. The van der Waals surface area contributed by atoms with Gasteiger partial charge in [-0.1, -0.05) is 0 Å². The maximum absolute atomic E-state index is 11.6. The summed E-state index contributed by atoms with van der Waals surface area (Å²) in [6.07, 6.45) is 0. The zero-order valence-corrected chi connectivity index (χ0v) is 11.4. The average molecular weight is 260 g/mol. The fourth-order valence-electron chi connectivity index (χ4n) is 1.73. The molecule has 0 aromatic rings. The van der Waals surface area contributed by atoms with Crippen LogP contribution < -0.4 is 4.72 Å². The van der Waals surface area contributed by atoms with Gasteiger partial charge in [-0.25, -0.2) is 13.1 Å². The first kappa shape index (κ1) is 14.4. The van der Waals surface area contributed by atoms with Crippen molar-refractivity contribution in [2.24, 2.45) is 0 Å². The van der Waals surface area contributed by atoms with Crippen LogP contribution in [0.25, 0.3) is 0 Å². The van der Waals surface area contributed by atoms with E-state index in [0.29, 0.717) is 6.54 Å². The number of hydrogen-bond donors (Lipinski definition) is 1. The first-order valence-electron chi connectivity index (χ1n) is 5.63. The third-order valence-corrected chi connectivity index (χ3v) is 4.75. The highest BCUT2D eigenvalue weighted by molar-refractivity contribution is 7.90. The maximum Gasteiger partial charge on any atom is 0.227 e. The van der Waals surface area contributed by atoms with E-state index in [4.69, 9.17) is 5.26 Å². The average Bonchev–Trinajstić information content (AvgIpc) is 2.29. The van der Waals surface area contributed by atoms with Gasteiger partial charge in [0.15, 0.2) is 5.25 Å². The minimum absolute atomic E-state index is 0.161. The second-order valence-corrected chi connectivity index (χ2v) is 6.65. The molecule has 1 aliphatic heterocycles. The Morgan fingerprint density at radius 3 is 2.71 bits per heavy atom. The van der Waals surface area contributed by atoms with Gasteiger partial charge in [0.05, 0.1) is 6.07 Å². The fourth-order valence-corrected chi connectivity index (χ4v) is 2.54. The van der Waals surface area contributed by atoms with E-state index in [2.05, 4.69) is 14.5 Å². The molecule has 0 spiro atoms. The van der Waals surface area contributed by atoms with E-state index in [1.807, 2.05) is 14.1 Å². The molecule has 17 heavy (non-hydrogen) atoms. The number of nitrogens with zero attached hydrogens (tertiary/aromatic N) is 3. The standard InChI is InChI=1S/C10H20N4O2S/c1-9(6-11)17(15,16)12-7-10-8-13(2)4-5-14(10)3/h9-10,12H,4-5,7-8H2,1-3H3. The Labute approximate surface area is 103 Å². The Kier molecular flexibility index (Phi) is 4.89. The summed E-state index contributed by atoms with van der Waals surface area (Å²) in [5.74, 6) is 0. The van der Waals surface area contributed by atoms with Crippen molar-refractivity contribution in [1.29, 1.82) is 5.26 Å². The van der Waals surface area contributed by atoms with Crippen LogP contribution in [-0.2, 0) is 10.0 Å². The van der Waals surface area contributed by atoms with Gasteiger partial charge in [-0.05, 0) is 21.0 Å². The fraction of sp³-hybridized carbons (Fsp3) is 0.900. The molecule has 2 atom stereocenters. The van der Waals surface area contributed by atoms with Crippen molar-refractivity contribution < 1.29 is 8.42 Å². The van der Waals surface area contributed by atoms with Crippen LogP contribution >= 0.6 is 0 Å². The molecule has 1 saturated heterocycles. The highest BCUT2D eigenvalue weighted by Crippen LogP contribution is 2.06. The number of likely N-dealkylation sites (N-methyl/N-ethyl adjacent to an activating group) is 2. The molecule has 0 aliphatic carbocycles. The van der Waals surface area contributed by atoms with Crippen LogP contribution in [0.4, 0.5) is 0 Å². The topological polar surface area (TPSA) is 76.4 Å². The first-order valence-corrected chi connectivity index (χ1v) is 7.18. The van der Waals surface area contributed by atoms with Gasteiger partial charge >= 0.3 is 0 Å². The van der Waals surface area contributed by atoms with Crippen molar-refractivity contribution in [2.45, 2.75) is 18.2 Å². The van der Waals surface area contributed by atoms with Crippen LogP contribution in [0.1, 0.15) is 6.92 Å². The molecule has 0 saturated carbocycles. The lowest BCUT2D eigenvalue weighted by molar-refractivity contribution is 0.117. The molecule has 1 aliphatic rings. The Hall–Kier alpha value is -0.680. The molecular weight excluding hydrogens is 240 g/mol. The quantitative estimate of drug-likeness (QED) is 0.706. The van der Waals surface area contributed by atoms with E-state index >= 15 is 0 Å². The van der Waals surface area contributed by atoms with Gasteiger partial charge < -0.3 is 4.90 Å². The van der Waals surface area contributed by atoms with Crippen molar-refractivity contribution in [3.63, 3.8) is 0 Å². The Morgan fingerprint density at radius 2 is 2.12 bits per heavy atom. The Bertz CT molecular complexity index is 390. The van der Waals surface area contributed by atoms with Crippen molar-refractivity contribution in [2.75, 3.05) is 40.3 Å². The van der Waals surface area contributed by atoms with Crippen molar-refractivity contribution in [3.8, 4) is 6.07 Å². The Balaban J connectivity index is 2.53. The van der Waals surface area contributed by atoms with Crippen LogP contribution in [0.2, 0.25) is 0 Å². The van der Waals surface area contributed by atoms with Crippen LogP contribution in [0.15, 0.2) is 0 Å². The van der Waals surface area contributed by atoms with Crippen molar-refractivity contribution in [1.82, 2.24) is 14.5 Å². The third kappa shape index (κ3) is 3.92. The number of nitrogens with one attached hydrogen (secondary N) is 1. The minimum Gasteiger partial charge on any atom is -0.303 e. The van der Waals surface area contributed by atoms with Gasteiger partial charge in [0, 0.05) is 32.2 Å². The number of rotatable bonds is 4. The molecule has 0 aromatic carbocycles. The van der Waals surface area contributed by atoms with Crippen LogP contribution in [0.3, 0.4) is 0 Å². The second-order valence-electron chi connectivity index (χ2n) is 4.56. The summed E-state index contributed by atoms with van der Waals surface area (Å²) in [6, 6.07) is 1.90. The smallest absolute Gasteiger partial charge is 0.227 e. The first-order chi connectivity index (χ1) is 7.86. The van der Waals surface area contributed by atoms with Gasteiger partial charge in [-0.15, -0.1) is 0 Å². The van der Waals surface area contributed by atoms with Gasteiger partial charge in [0.25, 0.3) is 0 Å². The van der Waals surface area contributed by atoms with E-state index in [0.717, 1.165) is 19.6 Å². The molecule has 6 nitrogen and oxygen atoms in total. The zero-order chi connectivity index (χ0) is 13.1. The normalized spacial score (nSPS) is 25.4. The molecule has 7 heteroatoms. The molecule has 0 bridgehead atoms. The van der Waals surface area contributed by atoms with Gasteiger partial charge in [-0.3, -0.25) is 4.90 Å². The number of nitriles is 1. The van der Waals surface area contributed by atoms with Gasteiger partial charge in [0.2, 0.25) is 10.0 Å². The minimum atomic E-state index is -3.51. The molecule has 1 rings (SSSR count). The number of piperazine rings is 1. The summed E-state index contributed by atoms with van der Waals surface area (Å²) in [6.45, 7) is 4.50. The monoisotopic (exact) mass is 260 g/mol. The largest absolute Gasteiger partial charge is 0.303 e. The maximum atomic E-state index is 11.6. The number of hydrogen-bond acceptors (Lipinski definition) is 5. The zero-order valence-electron chi connectivity index (χ0n) is 10.5. The number of sulfonamides is 1. The molecule has 0 radical (unpaired) electrons. The second kappa shape index (κ2) is 5.78. The lowest BCUT2D eigenvalue weighted by Gasteiger charge is -2.37. The van der Waals surface area contributed by atoms with Crippen LogP contribution in [-0.4, -0.2) is 69.8 Å². The summed E-state index contributed by atoms with van der Waals surface area (Å²) in [7, 11) is 0.499. The van der Waals surface area contributed by atoms with Crippen LogP contribution in [0.5, 0.6) is 0 Å². The molecule has 0 amide bonds. The molecule has 2 unspecified atom stereocenters. The van der Waals surface area contributed by atoms with Gasteiger partial charge in [0.1, 0.15) is 0 Å². The highest BCUT2D eigenvalue weighted by atomic mass is 32.2. The van der Waals surface area contributed by atoms with Gasteiger partial charge in [-0.2, -0.15) is 5.26 Å². The molecule has 0 aromatic heterocycles. The molecule has 98 valence electrons. The summed E-state index contributed by atoms with van der Waals surface area (Å²) >= 11 is 0. The van der Waals surface area contributed by atoms with E-state index in [1.54, 1.807) is 6.07 Å². The molecular formula is C10H20N4O2S. The third-order valence-electron chi connectivity index (χ3n) is 3.15. The predicted molar refractivity (Wildman–Crippen MR) is 65.9 cm³/mol. The SMILES string of the molecule is CC(C#N)S(=O)(=O)NCC1CN(C)CCN1C. The van der Waals surface area contributed by atoms with E-state index in [-0.39, 0.29) is 6.04 Å². The molecule has 1 N–H and O–H groups in total. The summed E-state index contributed by atoms with van der Waals surface area (Å²) in [4.78, 5) is 4.31. The summed E-state index contributed by atoms with van der Waals surface area (Å²) in [5.41, 5.74) is 0.